The maximum Gasteiger partial charge on any atom is 0.332 e. The highest BCUT2D eigenvalue weighted by atomic mass is 35.5. The van der Waals surface area contributed by atoms with Gasteiger partial charge in [0.25, 0.3) is 5.56 Å². The topological polar surface area (TPSA) is 145 Å². The Morgan fingerprint density at radius 3 is 2.82 bits per heavy atom. The molecule has 0 aliphatic heterocycles. The SMILES string of the molecule is CCOCCn1c(=O)n(CCCN=NN=C(N)Cc2cc(F)ccc2F)c(=O)c2[nH]c(Cl)nc21. The van der Waals surface area contributed by atoms with Gasteiger partial charge < -0.3 is 15.5 Å². The number of benzene rings is 1. The number of rotatable bonds is 11. The van der Waals surface area contributed by atoms with Crippen LogP contribution in [-0.4, -0.2) is 44.7 Å². The molecule has 0 saturated carbocycles. The van der Waals surface area contributed by atoms with Crippen molar-refractivity contribution in [1.82, 2.24) is 19.1 Å². The van der Waals surface area contributed by atoms with Crippen molar-refractivity contribution >= 4 is 28.6 Å². The highest BCUT2D eigenvalue weighted by Gasteiger charge is 2.16. The van der Waals surface area contributed by atoms with Gasteiger partial charge in [-0.2, -0.15) is 10.1 Å². The molecule has 0 saturated heterocycles. The first-order valence-electron chi connectivity index (χ1n) is 10.4. The standard InChI is InChI=1S/C20H23ClF2N8O3/c1-2-34-9-8-30-17-16(26-19(21)27-17)18(32)31(20(30)33)7-3-6-25-29-28-15(24)11-12-10-13(22)4-5-14(12)23/h4-5,10H,2-3,6-9,11H2,1H3,(H,26,27)(H2,24,25,28). The van der Waals surface area contributed by atoms with Gasteiger partial charge in [-0.05, 0) is 53.9 Å². The second-order valence-corrected chi connectivity index (χ2v) is 7.48. The molecule has 2 aromatic heterocycles. The number of hydrogen-bond donors (Lipinski definition) is 2. The van der Waals surface area contributed by atoms with E-state index in [9.17, 15) is 18.4 Å². The summed E-state index contributed by atoms with van der Waals surface area (Å²) in [6.07, 6.45) is 0.164. The number of hydrogen-bond acceptors (Lipinski definition) is 6. The minimum Gasteiger partial charge on any atom is -0.385 e. The summed E-state index contributed by atoms with van der Waals surface area (Å²) in [5.41, 5.74) is 4.91. The number of ether oxygens (including phenoxy) is 1. The highest BCUT2D eigenvalue weighted by Crippen LogP contribution is 2.11. The summed E-state index contributed by atoms with van der Waals surface area (Å²) in [5.74, 6) is -1.25. The number of nitrogens with one attached hydrogen (secondary N) is 1. The fourth-order valence-corrected chi connectivity index (χ4v) is 3.35. The van der Waals surface area contributed by atoms with Crippen molar-refractivity contribution in [2.75, 3.05) is 19.8 Å². The third kappa shape index (κ3) is 6.11. The van der Waals surface area contributed by atoms with Crippen LogP contribution in [0.1, 0.15) is 18.9 Å². The maximum atomic E-state index is 13.7. The van der Waals surface area contributed by atoms with Gasteiger partial charge in [0.15, 0.2) is 11.2 Å². The second-order valence-electron chi connectivity index (χ2n) is 7.13. The van der Waals surface area contributed by atoms with Gasteiger partial charge in [0.1, 0.15) is 17.5 Å². The minimum atomic E-state index is -0.607. The van der Waals surface area contributed by atoms with Crippen LogP contribution in [-0.2, 0) is 24.2 Å². The Morgan fingerprint density at radius 1 is 1.26 bits per heavy atom. The first-order valence-corrected chi connectivity index (χ1v) is 10.8. The third-order valence-corrected chi connectivity index (χ3v) is 4.93. The average Bonchev–Trinajstić information content (AvgIpc) is 3.19. The zero-order valence-electron chi connectivity index (χ0n) is 18.3. The summed E-state index contributed by atoms with van der Waals surface area (Å²) >= 11 is 5.90. The van der Waals surface area contributed by atoms with Gasteiger partial charge in [-0.15, -0.1) is 5.10 Å². The third-order valence-electron chi connectivity index (χ3n) is 4.75. The van der Waals surface area contributed by atoms with Crippen molar-refractivity contribution in [3.05, 3.63) is 61.5 Å². The average molecular weight is 497 g/mol. The van der Waals surface area contributed by atoms with E-state index >= 15 is 0 Å². The van der Waals surface area contributed by atoms with Crippen molar-refractivity contribution in [3.63, 3.8) is 0 Å². The van der Waals surface area contributed by atoms with E-state index in [0.29, 0.717) is 13.0 Å². The number of amidine groups is 1. The van der Waals surface area contributed by atoms with Gasteiger partial charge in [-0.3, -0.25) is 13.9 Å². The molecule has 1 aromatic carbocycles. The lowest BCUT2D eigenvalue weighted by atomic mass is 10.1. The molecule has 11 nitrogen and oxygen atoms in total. The Balaban J connectivity index is 1.65. The Hall–Kier alpha value is -3.45. The quantitative estimate of drug-likeness (QED) is 0.104. The van der Waals surface area contributed by atoms with E-state index in [1.807, 2.05) is 6.92 Å². The van der Waals surface area contributed by atoms with Crippen LogP contribution in [0.4, 0.5) is 8.78 Å². The summed E-state index contributed by atoms with van der Waals surface area (Å²) < 4.78 is 34.6. The molecule has 0 bridgehead atoms. The summed E-state index contributed by atoms with van der Waals surface area (Å²) in [4.78, 5) is 32.3. The van der Waals surface area contributed by atoms with E-state index in [2.05, 4.69) is 25.4 Å². The minimum absolute atomic E-state index is 0.00298. The molecule has 0 amide bonds. The number of H-pyrrole nitrogens is 1. The molecule has 34 heavy (non-hydrogen) atoms. The number of aromatic amines is 1. The molecule has 0 radical (unpaired) electrons. The van der Waals surface area contributed by atoms with Crippen LogP contribution in [0.25, 0.3) is 11.2 Å². The van der Waals surface area contributed by atoms with E-state index in [4.69, 9.17) is 22.1 Å². The monoisotopic (exact) mass is 496 g/mol. The smallest absolute Gasteiger partial charge is 0.332 e. The molecule has 0 unspecified atom stereocenters. The Kier molecular flexibility index (Phi) is 8.60. The highest BCUT2D eigenvalue weighted by molar-refractivity contribution is 6.28. The summed E-state index contributed by atoms with van der Waals surface area (Å²) in [5, 5.41) is 11.0. The fourth-order valence-electron chi connectivity index (χ4n) is 3.18. The van der Waals surface area contributed by atoms with Crippen LogP contribution < -0.4 is 17.0 Å². The van der Waals surface area contributed by atoms with Crippen LogP contribution >= 0.6 is 11.6 Å². The van der Waals surface area contributed by atoms with Gasteiger partial charge >= 0.3 is 5.69 Å². The summed E-state index contributed by atoms with van der Waals surface area (Å²) in [6.45, 7) is 2.97. The van der Waals surface area contributed by atoms with Crippen molar-refractivity contribution in [3.8, 4) is 0 Å². The Labute approximate surface area is 196 Å². The molecular formula is C20H23ClF2N8O3. The molecule has 14 heteroatoms. The molecule has 3 N–H and O–H groups in total. The largest absolute Gasteiger partial charge is 0.385 e. The molecule has 0 atom stereocenters. The number of imidazole rings is 1. The molecule has 182 valence electrons. The van der Waals surface area contributed by atoms with Crippen LogP contribution in [0, 0.1) is 11.6 Å². The molecule has 0 aliphatic carbocycles. The fraction of sp³-hybridized carbons (Fsp3) is 0.400. The zero-order valence-corrected chi connectivity index (χ0v) is 19.1. The molecule has 3 rings (SSSR count). The number of aromatic nitrogens is 4. The van der Waals surface area contributed by atoms with Gasteiger partial charge in [-0.1, -0.05) is 0 Å². The van der Waals surface area contributed by atoms with E-state index in [-0.39, 0.29) is 60.5 Å². The summed E-state index contributed by atoms with van der Waals surface area (Å²) in [6, 6.07) is 3.03. The van der Waals surface area contributed by atoms with Crippen LogP contribution in [0.3, 0.4) is 0 Å². The van der Waals surface area contributed by atoms with Crippen LogP contribution in [0.2, 0.25) is 5.28 Å². The van der Waals surface area contributed by atoms with Gasteiger partial charge in [0.2, 0.25) is 5.28 Å². The molecule has 0 spiro atoms. The normalized spacial score (nSPS) is 12.3. The molecule has 0 fully saturated rings. The lowest BCUT2D eigenvalue weighted by Crippen LogP contribution is -2.41. The number of nitrogens with two attached hydrogens (primary N) is 1. The molecule has 2 heterocycles. The molecule has 3 aromatic rings. The maximum absolute atomic E-state index is 13.7. The van der Waals surface area contributed by atoms with Crippen molar-refractivity contribution in [1.29, 1.82) is 0 Å². The first kappa shape index (κ1) is 25.2. The lowest BCUT2D eigenvalue weighted by molar-refractivity contribution is 0.138. The van der Waals surface area contributed by atoms with Crippen LogP contribution in [0.15, 0.2) is 43.2 Å². The van der Waals surface area contributed by atoms with Gasteiger partial charge in [0, 0.05) is 19.6 Å². The zero-order chi connectivity index (χ0) is 24.7. The van der Waals surface area contributed by atoms with E-state index < -0.39 is 22.9 Å². The number of fused-ring (bicyclic) bond motifs is 1. The molecular weight excluding hydrogens is 474 g/mol. The number of halogens is 3. The Morgan fingerprint density at radius 2 is 2.06 bits per heavy atom. The van der Waals surface area contributed by atoms with Gasteiger partial charge in [-0.25, -0.2) is 13.6 Å². The summed E-state index contributed by atoms with van der Waals surface area (Å²) in [7, 11) is 0. The van der Waals surface area contributed by atoms with Crippen molar-refractivity contribution in [2.45, 2.75) is 32.9 Å². The first-order chi connectivity index (χ1) is 16.3. The van der Waals surface area contributed by atoms with Crippen molar-refractivity contribution in [2.24, 2.45) is 21.2 Å². The lowest BCUT2D eigenvalue weighted by Gasteiger charge is -2.10. The van der Waals surface area contributed by atoms with E-state index in [0.717, 1.165) is 22.8 Å². The van der Waals surface area contributed by atoms with E-state index in [1.54, 1.807) is 0 Å². The molecule has 0 aliphatic rings. The second kappa shape index (κ2) is 11.6. The van der Waals surface area contributed by atoms with E-state index in [1.165, 1.54) is 4.57 Å². The Bertz CT molecular complexity index is 1330. The van der Waals surface area contributed by atoms with Crippen LogP contribution in [0.5, 0.6) is 0 Å². The van der Waals surface area contributed by atoms with Crippen molar-refractivity contribution < 1.29 is 13.5 Å². The number of nitrogens with zero attached hydrogens (tertiary/aromatic N) is 6. The predicted molar refractivity (Wildman–Crippen MR) is 122 cm³/mol. The predicted octanol–water partition coefficient (Wildman–Crippen LogP) is 2.21. The van der Waals surface area contributed by atoms with Gasteiger partial charge in [0.05, 0.1) is 19.7 Å².